The molecule has 27 heavy (non-hydrogen) atoms. The van der Waals surface area contributed by atoms with Crippen LogP contribution in [0.5, 0.6) is 0 Å². The van der Waals surface area contributed by atoms with Crippen LogP contribution in [0.25, 0.3) is 11.2 Å². The molecule has 3 rings (SSSR count). The number of hydrogen-bond donors (Lipinski definition) is 1. The summed E-state index contributed by atoms with van der Waals surface area (Å²) >= 11 is 0. The summed E-state index contributed by atoms with van der Waals surface area (Å²) in [7, 11) is 3.47. The van der Waals surface area contributed by atoms with Gasteiger partial charge in [-0.25, -0.2) is 15.0 Å². The van der Waals surface area contributed by atoms with E-state index in [-0.39, 0.29) is 5.60 Å². The fourth-order valence-corrected chi connectivity index (χ4v) is 6.07. The summed E-state index contributed by atoms with van der Waals surface area (Å²) in [5, 5.41) is 0. The Hall–Kier alpha value is -1.47. The number of fused-ring (bicyclic) bond motifs is 1. The SMILES string of the molecule is CC(C)C(C1CC(n2cnc3c(N)ncnc32)C1)C(O[Si])(C(C)C)C(C)C. The van der Waals surface area contributed by atoms with Gasteiger partial charge in [-0.15, -0.1) is 0 Å². The van der Waals surface area contributed by atoms with Crippen LogP contribution in [0.4, 0.5) is 5.82 Å². The molecule has 0 bridgehead atoms. The first-order valence-electron chi connectivity index (χ1n) is 10.0. The van der Waals surface area contributed by atoms with Crippen molar-refractivity contribution in [3.63, 3.8) is 0 Å². The van der Waals surface area contributed by atoms with Crippen LogP contribution < -0.4 is 5.73 Å². The first kappa shape index (κ1) is 20.3. The highest BCUT2D eigenvalue weighted by molar-refractivity contribution is 5.98. The molecule has 3 radical (unpaired) electrons. The molecule has 6 nitrogen and oxygen atoms in total. The molecular formula is C20H32N5OSi. The first-order chi connectivity index (χ1) is 12.7. The molecule has 1 atom stereocenters. The van der Waals surface area contributed by atoms with E-state index in [1.165, 1.54) is 6.33 Å². The molecule has 2 aromatic heterocycles. The van der Waals surface area contributed by atoms with Crippen LogP contribution in [0.2, 0.25) is 0 Å². The molecular weight excluding hydrogens is 354 g/mol. The summed E-state index contributed by atoms with van der Waals surface area (Å²) < 4.78 is 8.27. The van der Waals surface area contributed by atoms with Crippen LogP contribution in [0, 0.1) is 29.6 Å². The van der Waals surface area contributed by atoms with E-state index in [1.54, 1.807) is 0 Å². The number of nitrogens with zero attached hydrogens (tertiary/aromatic N) is 4. The largest absolute Gasteiger partial charge is 0.412 e. The van der Waals surface area contributed by atoms with Crippen LogP contribution >= 0.6 is 0 Å². The molecule has 1 aliphatic carbocycles. The highest BCUT2D eigenvalue weighted by Crippen LogP contribution is 2.53. The monoisotopic (exact) mass is 386 g/mol. The number of rotatable bonds is 7. The lowest BCUT2D eigenvalue weighted by Crippen LogP contribution is -2.56. The Labute approximate surface area is 165 Å². The van der Waals surface area contributed by atoms with Gasteiger partial charge in [-0.3, -0.25) is 0 Å². The third kappa shape index (κ3) is 3.18. The quantitative estimate of drug-likeness (QED) is 0.733. The van der Waals surface area contributed by atoms with Gasteiger partial charge >= 0.3 is 0 Å². The van der Waals surface area contributed by atoms with E-state index in [4.69, 9.17) is 10.2 Å². The molecule has 0 aromatic carbocycles. The van der Waals surface area contributed by atoms with Crippen molar-refractivity contribution in [3.05, 3.63) is 12.7 Å². The fraction of sp³-hybridized carbons (Fsp3) is 0.750. The van der Waals surface area contributed by atoms with Crippen LogP contribution in [0.15, 0.2) is 12.7 Å². The van der Waals surface area contributed by atoms with E-state index in [0.29, 0.717) is 47.0 Å². The van der Waals surface area contributed by atoms with E-state index in [0.717, 1.165) is 18.5 Å². The summed E-state index contributed by atoms with van der Waals surface area (Å²) in [6, 6.07) is 0.405. The summed E-state index contributed by atoms with van der Waals surface area (Å²) in [6.45, 7) is 13.7. The molecule has 7 heteroatoms. The summed E-state index contributed by atoms with van der Waals surface area (Å²) in [5.74, 6) is 2.90. The van der Waals surface area contributed by atoms with Gasteiger partial charge in [0.1, 0.15) is 11.8 Å². The number of imidazole rings is 1. The number of aromatic nitrogens is 4. The zero-order valence-corrected chi connectivity index (χ0v) is 18.3. The molecule has 2 heterocycles. The lowest BCUT2D eigenvalue weighted by atomic mass is 9.57. The molecule has 0 aliphatic heterocycles. The average Bonchev–Trinajstić information content (AvgIpc) is 2.97. The van der Waals surface area contributed by atoms with Crippen molar-refractivity contribution in [3.8, 4) is 0 Å². The van der Waals surface area contributed by atoms with E-state index in [9.17, 15) is 0 Å². The standard InChI is InChI=1S/C20H32N5OSi/c1-11(2)16(20(26-27,12(3)4)13(5)6)14-7-15(8-14)25-10-24-17-18(21)22-9-23-19(17)25/h9-16H,7-8H2,1-6H3,(H2,21,22,23). The van der Waals surface area contributed by atoms with Gasteiger partial charge in [-0.05, 0) is 42.4 Å². The zero-order valence-electron chi connectivity index (χ0n) is 17.3. The Morgan fingerprint density at radius 3 is 2.26 bits per heavy atom. The van der Waals surface area contributed by atoms with E-state index in [1.807, 2.05) is 6.33 Å². The number of nitrogens with two attached hydrogens (primary N) is 1. The fourth-order valence-electron chi connectivity index (χ4n) is 5.46. The predicted octanol–water partition coefficient (Wildman–Crippen LogP) is 3.78. The molecule has 0 amide bonds. The van der Waals surface area contributed by atoms with Crippen molar-refractivity contribution < 1.29 is 4.43 Å². The molecule has 1 saturated carbocycles. The predicted molar refractivity (Wildman–Crippen MR) is 109 cm³/mol. The van der Waals surface area contributed by atoms with Gasteiger partial charge < -0.3 is 14.7 Å². The van der Waals surface area contributed by atoms with Crippen LogP contribution in [-0.2, 0) is 4.43 Å². The smallest absolute Gasteiger partial charge is 0.247 e. The Morgan fingerprint density at radius 1 is 1.11 bits per heavy atom. The van der Waals surface area contributed by atoms with Crippen molar-refractivity contribution in [2.75, 3.05) is 5.73 Å². The Morgan fingerprint density at radius 2 is 1.74 bits per heavy atom. The minimum absolute atomic E-state index is 0.190. The minimum atomic E-state index is -0.190. The topological polar surface area (TPSA) is 78.9 Å². The second-order valence-electron chi connectivity index (χ2n) is 9.00. The molecule has 2 aromatic rings. The molecule has 2 N–H and O–H groups in total. The van der Waals surface area contributed by atoms with Gasteiger partial charge in [-0.1, -0.05) is 41.5 Å². The van der Waals surface area contributed by atoms with Gasteiger partial charge in [0.05, 0.1) is 11.9 Å². The lowest BCUT2D eigenvalue weighted by Gasteiger charge is -2.55. The van der Waals surface area contributed by atoms with Crippen molar-refractivity contribution in [1.29, 1.82) is 0 Å². The van der Waals surface area contributed by atoms with Crippen LogP contribution in [0.1, 0.15) is 60.4 Å². The highest BCUT2D eigenvalue weighted by Gasteiger charge is 2.52. The van der Waals surface area contributed by atoms with Crippen molar-refractivity contribution in [1.82, 2.24) is 19.5 Å². The maximum absolute atomic E-state index is 6.10. The average molecular weight is 387 g/mol. The lowest BCUT2D eigenvalue weighted by molar-refractivity contribution is -0.123. The summed E-state index contributed by atoms with van der Waals surface area (Å²) in [5.41, 5.74) is 7.28. The summed E-state index contributed by atoms with van der Waals surface area (Å²) in [4.78, 5) is 12.9. The molecule has 0 saturated heterocycles. The minimum Gasteiger partial charge on any atom is -0.412 e. The van der Waals surface area contributed by atoms with E-state index in [2.05, 4.69) is 71.5 Å². The van der Waals surface area contributed by atoms with E-state index >= 15 is 0 Å². The number of hydrogen-bond acceptors (Lipinski definition) is 5. The third-order valence-electron chi connectivity index (χ3n) is 6.66. The van der Waals surface area contributed by atoms with Gasteiger partial charge in [0.25, 0.3) is 0 Å². The van der Waals surface area contributed by atoms with E-state index < -0.39 is 0 Å². The van der Waals surface area contributed by atoms with Gasteiger partial charge in [-0.2, -0.15) is 0 Å². The summed E-state index contributed by atoms with van der Waals surface area (Å²) in [6.07, 6.45) is 5.59. The van der Waals surface area contributed by atoms with Crippen molar-refractivity contribution >= 4 is 27.5 Å². The normalized spacial score (nSPS) is 22.0. The first-order valence-corrected chi connectivity index (χ1v) is 10.4. The number of nitrogen functional groups attached to an aromatic ring is 1. The van der Waals surface area contributed by atoms with Gasteiger partial charge in [0, 0.05) is 6.04 Å². The Bertz CT molecular complexity index is 774. The molecule has 147 valence electrons. The van der Waals surface area contributed by atoms with Gasteiger partial charge in [0.2, 0.25) is 10.5 Å². The van der Waals surface area contributed by atoms with Crippen molar-refractivity contribution in [2.45, 2.75) is 66.0 Å². The highest BCUT2D eigenvalue weighted by atomic mass is 28.2. The molecule has 1 fully saturated rings. The molecule has 1 unspecified atom stereocenters. The molecule has 1 aliphatic rings. The Balaban J connectivity index is 1.86. The third-order valence-corrected chi connectivity index (χ3v) is 7.01. The zero-order chi connectivity index (χ0) is 19.9. The molecule has 0 spiro atoms. The number of anilines is 1. The maximum atomic E-state index is 6.10. The Kier molecular flexibility index (Phi) is 5.63. The second-order valence-corrected chi connectivity index (χ2v) is 9.21. The van der Waals surface area contributed by atoms with Crippen molar-refractivity contribution in [2.24, 2.45) is 29.6 Å². The second kappa shape index (κ2) is 7.51. The van der Waals surface area contributed by atoms with Crippen LogP contribution in [-0.4, -0.2) is 35.6 Å². The maximum Gasteiger partial charge on any atom is 0.247 e. The van der Waals surface area contributed by atoms with Gasteiger partial charge in [0.15, 0.2) is 11.5 Å². The van der Waals surface area contributed by atoms with Crippen LogP contribution in [0.3, 0.4) is 0 Å².